The van der Waals surface area contributed by atoms with Gasteiger partial charge in [0, 0.05) is 0 Å². The Morgan fingerprint density at radius 3 is 2.31 bits per heavy atom. The van der Waals surface area contributed by atoms with Crippen molar-refractivity contribution in [3.8, 4) is 33.8 Å². The van der Waals surface area contributed by atoms with Gasteiger partial charge in [0.1, 0.15) is 23.7 Å². The maximum absolute atomic E-state index is 15.2. The zero-order chi connectivity index (χ0) is 28.5. The topological polar surface area (TPSA) is 187 Å². The van der Waals surface area contributed by atoms with Gasteiger partial charge in [-0.05, 0) is 61.8 Å². The third-order valence-electron chi connectivity index (χ3n) is 5.04. The molecule has 1 unspecified atom stereocenters. The minimum atomic E-state index is -4.64. The lowest BCUT2D eigenvalue weighted by molar-refractivity contribution is 0.265. The van der Waals surface area contributed by atoms with Crippen LogP contribution in [-0.2, 0) is 14.6 Å². The van der Waals surface area contributed by atoms with E-state index in [1.165, 1.54) is 18.2 Å². The minimum Gasteiger partial charge on any atom is -0.490 e. The molecule has 0 spiro atoms. The van der Waals surface area contributed by atoms with Gasteiger partial charge in [-0.3, -0.25) is 0 Å². The highest BCUT2D eigenvalue weighted by atomic mass is 32.2. The van der Waals surface area contributed by atoms with Crippen LogP contribution < -0.4 is 30.2 Å². The molecule has 6 N–H and O–H groups in total. The molecule has 0 saturated heterocycles. The average molecular weight is 599 g/mol. The summed E-state index contributed by atoms with van der Waals surface area (Å²) in [5.74, 6) is -0.529. The number of thiophene rings is 1. The molecule has 39 heavy (non-hydrogen) atoms. The molecular weight excluding hydrogens is 570 g/mol. The Balaban J connectivity index is 1.89. The number of sulfonamides is 1. The van der Waals surface area contributed by atoms with Gasteiger partial charge in [0.15, 0.2) is 21.5 Å². The maximum Gasteiger partial charge on any atom is 0.391 e. The van der Waals surface area contributed by atoms with Crippen molar-refractivity contribution >= 4 is 29.0 Å². The first kappa shape index (κ1) is 30.5. The molecule has 0 saturated carbocycles. The molecule has 15 heteroatoms. The van der Waals surface area contributed by atoms with E-state index in [-0.39, 0.29) is 17.2 Å². The number of nitrogens with zero attached hydrogens (tertiary/aromatic N) is 1. The van der Waals surface area contributed by atoms with Gasteiger partial charge in [0.05, 0.1) is 18.1 Å². The molecular formula is C24H28FN4O7PS2. The quantitative estimate of drug-likeness (QED) is 0.149. The molecule has 11 nitrogen and oxygen atoms in total. The van der Waals surface area contributed by atoms with Gasteiger partial charge in [-0.1, -0.05) is 18.2 Å². The van der Waals surface area contributed by atoms with Gasteiger partial charge in [0.2, 0.25) is 0 Å². The lowest BCUT2D eigenvalue weighted by Crippen LogP contribution is -2.25. The number of halogens is 1. The number of benzene rings is 2. The Bertz CT molecular complexity index is 1460. The van der Waals surface area contributed by atoms with E-state index in [0.29, 0.717) is 60.9 Å². The van der Waals surface area contributed by atoms with E-state index in [1.54, 1.807) is 36.4 Å². The third-order valence-corrected chi connectivity index (χ3v) is 9.42. The molecule has 0 fully saturated rings. The molecule has 2 aromatic carbocycles. The Morgan fingerprint density at radius 1 is 1.05 bits per heavy atom. The molecule has 1 atom stereocenters. The third kappa shape index (κ3) is 8.23. The van der Waals surface area contributed by atoms with E-state index >= 15 is 4.39 Å². The second-order valence-electron chi connectivity index (χ2n) is 8.01. The molecule has 0 aliphatic heterocycles. The largest absolute Gasteiger partial charge is 0.490 e. The summed E-state index contributed by atoms with van der Waals surface area (Å²) in [6.45, 7) is 1.42. The van der Waals surface area contributed by atoms with Crippen LogP contribution in [0, 0.1) is 17.1 Å². The first-order chi connectivity index (χ1) is 18.6. The standard InChI is InChI=1S/C24H28FN4O7PS2/c25-22-19(15-28)23(17-8-9-20(34-12-4-10-26)21(14-17)35-13-5-11-27)38-24(22)39(32,33)29-16-37(30,31)36-18-6-2-1-3-7-18/h1-3,6-9,14,29H,4-5,10-13,16,26-27H2,(H,30,31). The summed E-state index contributed by atoms with van der Waals surface area (Å²) in [7, 11) is -9.11. The summed E-state index contributed by atoms with van der Waals surface area (Å²) in [4.78, 5) is 10.1. The van der Waals surface area contributed by atoms with Gasteiger partial charge in [-0.15, -0.1) is 11.3 Å². The van der Waals surface area contributed by atoms with Crippen molar-refractivity contribution in [2.24, 2.45) is 11.5 Å². The summed E-state index contributed by atoms with van der Waals surface area (Å²) in [5, 5.41) is 9.62. The van der Waals surface area contributed by atoms with Crippen LogP contribution in [0.2, 0.25) is 0 Å². The highest BCUT2D eigenvalue weighted by Gasteiger charge is 2.32. The second-order valence-corrected chi connectivity index (χ2v) is 12.8. The number of rotatable bonds is 15. The van der Waals surface area contributed by atoms with E-state index in [1.807, 2.05) is 4.72 Å². The van der Waals surface area contributed by atoms with E-state index in [9.17, 15) is 23.1 Å². The zero-order valence-electron chi connectivity index (χ0n) is 20.7. The van der Waals surface area contributed by atoms with Crippen molar-refractivity contribution in [3.05, 3.63) is 59.9 Å². The Morgan fingerprint density at radius 2 is 1.69 bits per heavy atom. The molecule has 0 bridgehead atoms. The summed E-state index contributed by atoms with van der Waals surface area (Å²) < 4.78 is 70.9. The normalized spacial score (nSPS) is 12.9. The number of nitriles is 1. The fourth-order valence-electron chi connectivity index (χ4n) is 3.19. The van der Waals surface area contributed by atoms with Crippen molar-refractivity contribution in [1.29, 1.82) is 5.26 Å². The van der Waals surface area contributed by atoms with Crippen molar-refractivity contribution < 1.29 is 36.3 Å². The minimum absolute atomic E-state index is 0.0280. The van der Waals surface area contributed by atoms with Gasteiger partial charge < -0.3 is 30.4 Å². The van der Waals surface area contributed by atoms with Crippen molar-refractivity contribution in [2.75, 3.05) is 32.6 Å². The van der Waals surface area contributed by atoms with Crippen LogP contribution in [0.5, 0.6) is 17.2 Å². The highest BCUT2D eigenvalue weighted by Crippen LogP contribution is 2.43. The Labute approximate surface area is 229 Å². The SMILES string of the molecule is N#Cc1c(-c2ccc(OCCCN)c(OCCCN)c2)sc(S(=O)(=O)NCP(=O)(O)Oc2ccccc2)c1F. The summed E-state index contributed by atoms with van der Waals surface area (Å²) in [6, 6.07) is 14.0. The molecule has 3 rings (SSSR count). The van der Waals surface area contributed by atoms with Crippen molar-refractivity contribution in [1.82, 2.24) is 4.72 Å². The van der Waals surface area contributed by atoms with Gasteiger partial charge in [0.25, 0.3) is 10.0 Å². The Hall–Kier alpha value is -3.02. The maximum atomic E-state index is 15.2. The van der Waals surface area contributed by atoms with E-state index in [4.69, 9.17) is 25.5 Å². The van der Waals surface area contributed by atoms with Crippen molar-refractivity contribution in [2.45, 2.75) is 17.1 Å². The lowest BCUT2D eigenvalue weighted by atomic mass is 10.1. The molecule has 0 aliphatic rings. The number of para-hydroxylation sites is 1. The van der Waals surface area contributed by atoms with Gasteiger partial charge >= 0.3 is 7.60 Å². The molecule has 1 heterocycles. The van der Waals surface area contributed by atoms with Crippen molar-refractivity contribution in [3.63, 3.8) is 0 Å². The number of hydrogen-bond donors (Lipinski definition) is 4. The molecule has 3 aromatic rings. The Kier molecular flexibility index (Phi) is 10.8. The number of nitrogens with one attached hydrogen (secondary N) is 1. The number of ether oxygens (including phenoxy) is 2. The summed E-state index contributed by atoms with van der Waals surface area (Å²) >= 11 is 0.497. The van der Waals surface area contributed by atoms with Crippen LogP contribution >= 0.6 is 18.9 Å². The summed E-state index contributed by atoms with van der Waals surface area (Å²) in [6.07, 6.45) is 0.136. The fraction of sp³-hybridized carbons (Fsp3) is 0.292. The van der Waals surface area contributed by atoms with E-state index < -0.39 is 39.5 Å². The molecule has 1 aromatic heterocycles. The first-order valence-corrected chi connectivity index (χ1v) is 15.8. The van der Waals surface area contributed by atoms with Gasteiger partial charge in [-0.25, -0.2) is 17.4 Å². The molecule has 0 radical (unpaired) electrons. The summed E-state index contributed by atoms with van der Waals surface area (Å²) in [5.41, 5.74) is 10.9. The van der Waals surface area contributed by atoms with Crippen LogP contribution in [0.3, 0.4) is 0 Å². The van der Waals surface area contributed by atoms with Crippen LogP contribution in [0.1, 0.15) is 18.4 Å². The second kappa shape index (κ2) is 13.9. The molecule has 0 aliphatic carbocycles. The van der Waals surface area contributed by atoms with Crippen LogP contribution in [0.25, 0.3) is 10.4 Å². The van der Waals surface area contributed by atoms with E-state index in [0.717, 1.165) is 0 Å². The predicted molar refractivity (Wildman–Crippen MR) is 145 cm³/mol. The average Bonchev–Trinajstić information content (AvgIpc) is 3.26. The monoisotopic (exact) mass is 598 g/mol. The van der Waals surface area contributed by atoms with Crippen LogP contribution in [-0.4, -0.2) is 45.9 Å². The number of nitrogens with two attached hydrogens (primary N) is 2. The highest BCUT2D eigenvalue weighted by molar-refractivity contribution is 7.92. The smallest absolute Gasteiger partial charge is 0.391 e. The fourth-order valence-corrected chi connectivity index (χ4v) is 7.23. The van der Waals surface area contributed by atoms with E-state index in [2.05, 4.69) is 0 Å². The van der Waals surface area contributed by atoms with Gasteiger partial charge in [-0.2, -0.15) is 9.98 Å². The molecule has 210 valence electrons. The van der Waals surface area contributed by atoms with Crippen LogP contribution in [0.15, 0.2) is 52.7 Å². The zero-order valence-corrected chi connectivity index (χ0v) is 23.2. The first-order valence-electron chi connectivity index (χ1n) is 11.7. The van der Waals surface area contributed by atoms with Crippen LogP contribution in [0.4, 0.5) is 4.39 Å². The predicted octanol–water partition coefficient (Wildman–Crippen LogP) is 3.38. The molecule has 0 amide bonds. The lowest BCUT2D eigenvalue weighted by Gasteiger charge is -2.14. The number of hydrogen-bond acceptors (Lipinski definition) is 10.